The highest BCUT2D eigenvalue weighted by molar-refractivity contribution is 7.91. The Balaban J connectivity index is 1.90. The van der Waals surface area contributed by atoms with Gasteiger partial charge in [0.05, 0.1) is 31.3 Å². The third-order valence-electron chi connectivity index (χ3n) is 4.17. The highest BCUT2D eigenvalue weighted by Crippen LogP contribution is 2.28. The molecule has 2 rings (SSSR count). The molecule has 0 aliphatic heterocycles. The van der Waals surface area contributed by atoms with Gasteiger partial charge in [0.1, 0.15) is 11.5 Å². The number of nitro groups is 1. The van der Waals surface area contributed by atoms with Crippen molar-refractivity contribution in [3.8, 4) is 11.5 Å². The molecule has 0 aliphatic rings. The summed E-state index contributed by atoms with van der Waals surface area (Å²) in [6.45, 7) is 0. The molecule has 10 nitrogen and oxygen atoms in total. The second kappa shape index (κ2) is 10.5. The Morgan fingerprint density at radius 2 is 1.61 bits per heavy atom. The highest BCUT2D eigenvalue weighted by atomic mass is 32.2. The van der Waals surface area contributed by atoms with Crippen molar-refractivity contribution in [3.05, 3.63) is 63.7 Å². The lowest BCUT2D eigenvalue weighted by Gasteiger charge is -2.07. The summed E-state index contributed by atoms with van der Waals surface area (Å²) in [5.74, 6) is -3.07. The number of carbonyl (C=O) groups is 2. The molecular weight excluding hydrogens is 430 g/mol. The zero-order chi connectivity index (χ0) is 23.0. The third-order valence-corrected chi connectivity index (χ3v) is 5.62. The Kier molecular flexibility index (Phi) is 8.08. The van der Waals surface area contributed by atoms with Crippen LogP contribution in [0.5, 0.6) is 11.5 Å². The Bertz CT molecular complexity index is 1060. The fraction of sp³-hybridized carbons (Fsp3) is 0.300. The van der Waals surface area contributed by atoms with Crippen LogP contribution in [-0.2, 0) is 36.3 Å². The van der Waals surface area contributed by atoms with Gasteiger partial charge in [-0.25, -0.2) is 8.42 Å². The third kappa shape index (κ3) is 7.37. The Labute approximate surface area is 178 Å². The van der Waals surface area contributed by atoms with Crippen molar-refractivity contribution < 1.29 is 37.1 Å². The molecule has 0 radical (unpaired) electrons. The molecule has 0 aliphatic carbocycles. The second-order valence-electron chi connectivity index (χ2n) is 6.49. The first-order valence-corrected chi connectivity index (χ1v) is 10.8. The maximum atomic E-state index is 12.2. The van der Waals surface area contributed by atoms with Gasteiger partial charge in [0, 0.05) is 6.07 Å². The lowest BCUT2D eigenvalue weighted by molar-refractivity contribution is -0.385. The summed E-state index contributed by atoms with van der Waals surface area (Å²) >= 11 is 0. The Morgan fingerprint density at radius 1 is 0.968 bits per heavy atom. The number of rotatable bonds is 10. The van der Waals surface area contributed by atoms with Gasteiger partial charge in [0.2, 0.25) is 0 Å². The van der Waals surface area contributed by atoms with Gasteiger partial charge in [0.25, 0.3) is 0 Å². The standard InChI is InChI=1S/C20H21NO9S/c1-28-16-7-3-14(4-8-16)6-10-19(22)30-20(23)13-31(26,27)12-15-5-9-18(29-2)17(11-15)21(24)25/h3-5,7-9,11H,6,10,12-13H2,1-2H3. The SMILES string of the molecule is COc1ccc(CCC(=O)OC(=O)CS(=O)(=O)Cc2ccc(OC)c([N+](=O)[O-])c2)cc1. The van der Waals surface area contributed by atoms with E-state index in [9.17, 15) is 28.1 Å². The zero-order valence-electron chi connectivity index (χ0n) is 16.9. The van der Waals surface area contributed by atoms with Gasteiger partial charge >= 0.3 is 17.6 Å². The fourth-order valence-corrected chi connectivity index (χ4v) is 3.91. The van der Waals surface area contributed by atoms with Crippen LogP contribution in [0.1, 0.15) is 17.5 Å². The van der Waals surface area contributed by atoms with E-state index in [1.165, 1.54) is 26.4 Å². The van der Waals surface area contributed by atoms with Crippen molar-refractivity contribution in [2.75, 3.05) is 20.0 Å². The van der Waals surface area contributed by atoms with E-state index in [-0.39, 0.29) is 17.7 Å². The number of esters is 2. The molecule has 0 N–H and O–H groups in total. The highest BCUT2D eigenvalue weighted by Gasteiger charge is 2.23. The molecular formula is C20H21NO9S. The summed E-state index contributed by atoms with van der Waals surface area (Å²) < 4.78 is 39.0. The van der Waals surface area contributed by atoms with Crippen LogP contribution >= 0.6 is 0 Å². The van der Waals surface area contributed by atoms with Gasteiger partial charge < -0.3 is 14.2 Å². The summed E-state index contributed by atoms with van der Waals surface area (Å²) in [6.07, 6.45) is 0.196. The minimum absolute atomic E-state index is 0.0204. The van der Waals surface area contributed by atoms with E-state index >= 15 is 0 Å². The molecule has 2 aromatic carbocycles. The molecule has 0 unspecified atom stereocenters. The van der Waals surface area contributed by atoms with Crippen LogP contribution in [0.15, 0.2) is 42.5 Å². The van der Waals surface area contributed by atoms with Crippen LogP contribution in [0.3, 0.4) is 0 Å². The molecule has 11 heteroatoms. The summed E-state index contributed by atoms with van der Waals surface area (Å²) in [4.78, 5) is 34.0. The zero-order valence-corrected chi connectivity index (χ0v) is 17.7. The van der Waals surface area contributed by atoms with Gasteiger partial charge in [-0.05, 0) is 35.7 Å². The minimum atomic E-state index is -4.02. The number of hydrogen-bond acceptors (Lipinski definition) is 9. The van der Waals surface area contributed by atoms with E-state index < -0.39 is 43.9 Å². The van der Waals surface area contributed by atoms with Gasteiger partial charge in [-0.15, -0.1) is 0 Å². The monoisotopic (exact) mass is 451 g/mol. The van der Waals surface area contributed by atoms with Gasteiger partial charge in [-0.3, -0.25) is 19.7 Å². The smallest absolute Gasteiger partial charge is 0.328 e. The fourth-order valence-electron chi connectivity index (χ4n) is 2.70. The number of sulfone groups is 1. The van der Waals surface area contributed by atoms with Crippen LogP contribution in [-0.4, -0.2) is 45.3 Å². The number of hydrogen-bond donors (Lipinski definition) is 0. The number of benzene rings is 2. The number of aryl methyl sites for hydroxylation is 1. The first kappa shape index (κ1) is 23.8. The molecule has 31 heavy (non-hydrogen) atoms. The average Bonchev–Trinajstić information content (AvgIpc) is 2.71. The molecule has 0 saturated carbocycles. The molecule has 0 saturated heterocycles. The van der Waals surface area contributed by atoms with Crippen LogP contribution < -0.4 is 9.47 Å². The number of nitro benzene ring substituents is 1. The van der Waals surface area contributed by atoms with Crippen molar-refractivity contribution in [1.82, 2.24) is 0 Å². The molecule has 0 atom stereocenters. The normalized spacial score (nSPS) is 10.9. The van der Waals surface area contributed by atoms with Gasteiger partial charge in [-0.1, -0.05) is 18.2 Å². The molecule has 0 heterocycles. The van der Waals surface area contributed by atoms with E-state index in [4.69, 9.17) is 9.47 Å². The number of methoxy groups -OCH3 is 2. The first-order valence-electron chi connectivity index (χ1n) is 9.01. The van der Waals surface area contributed by atoms with Gasteiger partial charge in [0.15, 0.2) is 15.6 Å². The maximum absolute atomic E-state index is 12.2. The molecule has 2 aromatic rings. The minimum Gasteiger partial charge on any atom is -0.497 e. The maximum Gasteiger partial charge on any atom is 0.328 e. The summed E-state index contributed by atoms with van der Waals surface area (Å²) in [7, 11) is -1.24. The molecule has 0 aromatic heterocycles. The average molecular weight is 451 g/mol. The lowest BCUT2D eigenvalue weighted by Crippen LogP contribution is -2.23. The topological polar surface area (TPSA) is 139 Å². The van der Waals surface area contributed by atoms with E-state index in [1.54, 1.807) is 24.3 Å². The Morgan fingerprint density at radius 3 is 2.19 bits per heavy atom. The summed E-state index contributed by atoms with van der Waals surface area (Å²) in [6, 6.07) is 10.6. The number of nitrogens with zero attached hydrogens (tertiary/aromatic N) is 1. The lowest BCUT2D eigenvalue weighted by atomic mass is 10.1. The first-order chi connectivity index (χ1) is 14.6. The molecule has 0 bridgehead atoms. The van der Waals surface area contributed by atoms with E-state index in [2.05, 4.69) is 4.74 Å². The molecule has 166 valence electrons. The number of carbonyl (C=O) groups excluding carboxylic acids is 2. The molecule has 0 amide bonds. The predicted molar refractivity (Wildman–Crippen MR) is 110 cm³/mol. The van der Waals surface area contributed by atoms with Crippen molar-refractivity contribution in [3.63, 3.8) is 0 Å². The summed E-state index contributed by atoms with van der Waals surface area (Å²) in [5, 5.41) is 11.1. The van der Waals surface area contributed by atoms with Crippen molar-refractivity contribution >= 4 is 27.5 Å². The van der Waals surface area contributed by atoms with Crippen LogP contribution in [0, 0.1) is 10.1 Å². The van der Waals surface area contributed by atoms with E-state index in [0.717, 1.165) is 11.6 Å². The van der Waals surface area contributed by atoms with Crippen molar-refractivity contribution in [2.45, 2.75) is 18.6 Å². The summed E-state index contributed by atoms with van der Waals surface area (Å²) in [5.41, 5.74) is 0.525. The molecule has 0 fully saturated rings. The van der Waals surface area contributed by atoms with E-state index in [0.29, 0.717) is 12.2 Å². The largest absolute Gasteiger partial charge is 0.497 e. The van der Waals surface area contributed by atoms with Gasteiger partial charge in [-0.2, -0.15) is 0 Å². The Hall–Kier alpha value is -3.47. The number of ether oxygens (including phenoxy) is 3. The second-order valence-corrected chi connectivity index (χ2v) is 8.55. The quantitative estimate of drug-likeness (QED) is 0.230. The van der Waals surface area contributed by atoms with Crippen molar-refractivity contribution in [1.29, 1.82) is 0 Å². The predicted octanol–water partition coefficient (Wildman–Crippen LogP) is 2.23. The molecule has 0 spiro atoms. The van der Waals surface area contributed by atoms with Crippen LogP contribution in [0.4, 0.5) is 5.69 Å². The van der Waals surface area contributed by atoms with Crippen LogP contribution in [0.2, 0.25) is 0 Å². The van der Waals surface area contributed by atoms with Crippen molar-refractivity contribution in [2.24, 2.45) is 0 Å². The van der Waals surface area contributed by atoms with E-state index in [1.807, 2.05) is 0 Å². The van der Waals surface area contributed by atoms with Crippen LogP contribution in [0.25, 0.3) is 0 Å².